The number of piperazine rings is 1. The summed E-state index contributed by atoms with van der Waals surface area (Å²) in [5.41, 5.74) is 7.53. The van der Waals surface area contributed by atoms with Crippen LogP contribution < -0.4 is 15.4 Å². The van der Waals surface area contributed by atoms with Gasteiger partial charge in [0.05, 0.1) is 13.2 Å². The molecule has 0 atom stereocenters. The maximum absolute atomic E-state index is 13.8. The molecule has 2 N–H and O–H groups in total. The van der Waals surface area contributed by atoms with E-state index in [1.807, 2.05) is 4.90 Å². The Labute approximate surface area is 156 Å². The molecule has 2 aliphatic heterocycles. The SMILES string of the molecule is NC(=NCc1cc(F)cc2c1OCOC2)N1CCN(c2ncccn2)CC1. The second-order valence-corrected chi connectivity index (χ2v) is 6.36. The van der Waals surface area contributed by atoms with Crippen LogP contribution in [-0.4, -0.2) is 53.8 Å². The molecule has 142 valence electrons. The van der Waals surface area contributed by atoms with Crippen molar-refractivity contribution in [1.29, 1.82) is 0 Å². The van der Waals surface area contributed by atoms with Crippen LogP contribution in [0.15, 0.2) is 35.6 Å². The van der Waals surface area contributed by atoms with Gasteiger partial charge in [-0.05, 0) is 18.2 Å². The molecule has 9 heteroatoms. The molecule has 0 saturated carbocycles. The molecule has 0 radical (unpaired) electrons. The highest BCUT2D eigenvalue weighted by molar-refractivity contribution is 5.78. The first-order chi connectivity index (χ1) is 13.2. The van der Waals surface area contributed by atoms with Crippen LogP contribution in [0.25, 0.3) is 0 Å². The number of benzene rings is 1. The van der Waals surface area contributed by atoms with E-state index in [0.717, 1.165) is 32.1 Å². The van der Waals surface area contributed by atoms with Gasteiger partial charge in [-0.3, -0.25) is 0 Å². The Balaban J connectivity index is 1.40. The number of hydrogen-bond acceptors (Lipinski definition) is 6. The molecule has 4 rings (SSSR count). The van der Waals surface area contributed by atoms with Crippen molar-refractivity contribution in [1.82, 2.24) is 14.9 Å². The number of aromatic nitrogens is 2. The predicted octanol–water partition coefficient (Wildman–Crippen LogP) is 1.12. The number of aliphatic imine (C=N–C) groups is 1. The minimum Gasteiger partial charge on any atom is -0.467 e. The molecule has 0 bridgehead atoms. The lowest BCUT2D eigenvalue weighted by atomic mass is 10.1. The lowest BCUT2D eigenvalue weighted by Gasteiger charge is -2.35. The largest absolute Gasteiger partial charge is 0.467 e. The van der Waals surface area contributed by atoms with Crippen molar-refractivity contribution in [3.63, 3.8) is 0 Å². The molecule has 0 aliphatic carbocycles. The van der Waals surface area contributed by atoms with Crippen LogP contribution in [0.1, 0.15) is 11.1 Å². The van der Waals surface area contributed by atoms with Gasteiger partial charge >= 0.3 is 0 Å². The third-order valence-electron chi connectivity index (χ3n) is 4.60. The van der Waals surface area contributed by atoms with Gasteiger partial charge in [-0.25, -0.2) is 19.4 Å². The first-order valence-electron chi connectivity index (χ1n) is 8.79. The molecule has 0 spiro atoms. The van der Waals surface area contributed by atoms with E-state index < -0.39 is 0 Å². The van der Waals surface area contributed by atoms with Crippen molar-refractivity contribution in [2.24, 2.45) is 10.7 Å². The van der Waals surface area contributed by atoms with E-state index in [1.165, 1.54) is 12.1 Å². The molecule has 1 fully saturated rings. The number of guanidine groups is 1. The van der Waals surface area contributed by atoms with Gasteiger partial charge in [0, 0.05) is 49.7 Å². The Bertz CT molecular complexity index is 824. The highest BCUT2D eigenvalue weighted by Gasteiger charge is 2.21. The molecule has 3 heterocycles. The smallest absolute Gasteiger partial charge is 0.225 e. The van der Waals surface area contributed by atoms with E-state index in [-0.39, 0.29) is 19.2 Å². The zero-order valence-corrected chi connectivity index (χ0v) is 14.8. The Kier molecular flexibility index (Phi) is 5.01. The van der Waals surface area contributed by atoms with Crippen LogP contribution in [-0.2, 0) is 17.9 Å². The summed E-state index contributed by atoms with van der Waals surface area (Å²) in [6.07, 6.45) is 3.47. The van der Waals surface area contributed by atoms with E-state index in [0.29, 0.717) is 29.4 Å². The second-order valence-electron chi connectivity index (χ2n) is 6.36. The molecular weight excluding hydrogens is 351 g/mol. The predicted molar refractivity (Wildman–Crippen MR) is 97.8 cm³/mol. The number of anilines is 1. The summed E-state index contributed by atoms with van der Waals surface area (Å²) in [5.74, 6) is 1.47. The Morgan fingerprint density at radius 1 is 1.19 bits per heavy atom. The number of hydrogen-bond donors (Lipinski definition) is 1. The first-order valence-corrected chi connectivity index (χ1v) is 8.79. The Hall–Kier alpha value is -2.94. The summed E-state index contributed by atoms with van der Waals surface area (Å²) in [7, 11) is 0. The first kappa shape index (κ1) is 17.5. The number of halogens is 1. The summed E-state index contributed by atoms with van der Waals surface area (Å²) in [5, 5.41) is 0. The van der Waals surface area contributed by atoms with Crippen LogP contribution in [0.5, 0.6) is 5.75 Å². The highest BCUT2D eigenvalue weighted by atomic mass is 19.1. The molecule has 1 saturated heterocycles. The van der Waals surface area contributed by atoms with Crippen molar-refractivity contribution >= 4 is 11.9 Å². The molecule has 8 nitrogen and oxygen atoms in total. The van der Waals surface area contributed by atoms with Crippen LogP contribution >= 0.6 is 0 Å². The van der Waals surface area contributed by atoms with Crippen LogP contribution in [0, 0.1) is 5.82 Å². The summed E-state index contributed by atoms with van der Waals surface area (Å²) >= 11 is 0. The minimum absolute atomic E-state index is 0.161. The minimum atomic E-state index is -0.330. The van der Waals surface area contributed by atoms with Gasteiger partial charge in [0.2, 0.25) is 5.95 Å². The average Bonchev–Trinajstić information content (AvgIpc) is 2.72. The Morgan fingerprint density at radius 3 is 2.74 bits per heavy atom. The summed E-state index contributed by atoms with van der Waals surface area (Å²) in [6.45, 7) is 3.72. The molecule has 1 aromatic heterocycles. The van der Waals surface area contributed by atoms with E-state index in [4.69, 9.17) is 15.2 Å². The van der Waals surface area contributed by atoms with Crippen molar-refractivity contribution in [2.45, 2.75) is 13.2 Å². The van der Waals surface area contributed by atoms with Gasteiger partial charge < -0.3 is 25.0 Å². The number of nitrogens with two attached hydrogens (primary N) is 1. The lowest BCUT2D eigenvalue weighted by Crippen LogP contribution is -2.51. The third-order valence-corrected chi connectivity index (χ3v) is 4.60. The van der Waals surface area contributed by atoms with Crippen molar-refractivity contribution in [2.75, 3.05) is 37.9 Å². The highest BCUT2D eigenvalue weighted by Crippen LogP contribution is 2.30. The fraction of sp³-hybridized carbons (Fsp3) is 0.389. The van der Waals surface area contributed by atoms with Gasteiger partial charge in [0.25, 0.3) is 0 Å². The molecule has 2 aromatic rings. The fourth-order valence-electron chi connectivity index (χ4n) is 3.23. The molecular formula is C18H21FN6O2. The molecule has 27 heavy (non-hydrogen) atoms. The molecule has 0 unspecified atom stereocenters. The number of nitrogens with zero attached hydrogens (tertiary/aromatic N) is 5. The molecule has 1 aromatic carbocycles. The normalized spacial score (nSPS) is 17.4. The van der Waals surface area contributed by atoms with E-state index in [2.05, 4.69) is 19.9 Å². The quantitative estimate of drug-likeness (QED) is 0.638. The lowest BCUT2D eigenvalue weighted by molar-refractivity contribution is -0.0172. The maximum atomic E-state index is 13.8. The zero-order chi connectivity index (χ0) is 18.6. The standard InChI is InChI=1S/C18H21FN6O2/c19-15-8-13(16-14(9-15)11-26-12-27-16)10-23-17(20)24-4-6-25(7-5-24)18-21-2-1-3-22-18/h1-3,8-9H,4-7,10-12H2,(H2,20,23). The van der Waals surface area contributed by atoms with Gasteiger partial charge in [-0.15, -0.1) is 0 Å². The number of rotatable bonds is 3. The number of ether oxygens (including phenoxy) is 2. The summed E-state index contributed by atoms with van der Waals surface area (Å²) < 4.78 is 24.5. The van der Waals surface area contributed by atoms with E-state index >= 15 is 0 Å². The molecule has 2 aliphatic rings. The maximum Gasteiger partial charge on any atom is 0.225 e. The van der Waals surface area contributed by atoms with E-state index in [9.17, 15) is 4.39 Å². The summed E-state index contributed by atoms with van der Waals surface area (Å²) in [4.78, 5) is 17.1. The van der Waals surface area contributed by atoms with Gasteiger partial charge in [0.15, 0.2) is 12.8 Å². The zero-order valence-electron chi connectivity index (χ0n) is 14.8. The molecule has 0 amide bonds. The fourth-order valence-corrected chi connectivity index (χ4v) is 3.23. The summed E-state index contributed by atoms with van der Waals surface area (Å²) in [6, 6.07) is 4.66. The Morgan fingerprint density at radius 2 is 1.96 bits per heavy atom. The van der Waals surface area contributed by atoms with Crippen molar-refractivity contribution in [3.05, 3.63) is 47.5 Å². The van der Waals surface area contributed by atoms with E-state index in [1.54, 1.807) is 18.5 Å². The van der Waals surface area contributed by atoms with Crippen LogP contribution in [0.4, 0.5) is 10.3 Å². The average molecular weight is 372 g/mol. The monoisotopic (exact) mass is 372 g/mol. The van der Waals surface area contributed by atoms with Gasteiger partial charge in [-0.1, -0.05) is 0 Å². The topological polar surface area (TPSA) is 89.1 Å². The van der Waals surface area contributed by atoms with Crippen molar-refractivity contribution in [3.8, 4) is 5.75 Å². The van der Waals surface area contributed by atoms with Crippen LogP contribution in [0.3, 0.4) is 0 Å². The van der Waals surface area contributed by atoms with Gasteiger partial charge in [-0.2, -0.15) is 0 Å². The third kappa shape index (κ3) is 3.92. The number of fused-ring (bicyclic) bond motifs is 1. The second kappa shape index (κ2) is 7.75. The van der Waals surface area contributed by atoms with Crippen molar-refractivity contribution < 1.29 is 13.9 Å². The van der Waals surface area contributed by atoms with Gasteiger partial charge in [0.1, 0.15) is 11.6 Å². The van der Waals surface area contributed by atoms with Crippen LogP contribution in [0.2, 0.25) is 0 Å².